The molecule has 0 N–H and O–H groups in total. The summed E-state index contributed by atoms with van der Waals surface area (Å²) < 4.78 is 40.5. The highest BCUT2D eigenvalue weighted by Crippen LogP contribution is 2.41. The van der Waals surface area contributed by atoms with Gasteiger partial charge in [-0.15, -0.1) is 0 Å². The topological polar surface area (TPSA) is 53.5 Å². The van der Waals surface area contributed by atoms with Crippen LogP contribution in [0.4, 0.5) is 4.39 Å². The minimum Gasteiger partial charge on any atom is -0.298 e. The molecule has 7 heteroatoms. The van der Waals surface area contributed by atoms with Gasteiger partial charge in [-0.2, -0.15) is 4.31 Å². The second-order valence-corrected chi connectivity index (χ2v) is 9.66. The van der Waals surface area contributed by atoms with E-state index in [9.17, 15) is 12.8 Å². The Bertz CT molecular complexity index is 889. The SMILES string of the molecule is O=S(=O)(c1cccnc1)N1CC[C@]2(CCCN(Cc3ccc(F)cc3)C2)C1. The second kappa shape index (κ2) is 7.30. The first-order valence-electron chi connectivity index (χ1n) is 9.34. The molecular formula is C20H24FN3O2S. The number of aromatic nitrogens is 1. The van der Waals surface area contributed by atoms with E-state index in [0.29, 0.717) is 13.1 Å². The number of piperidine rings is 1. The van der Waals surface area contributed by atoms with Gasteiger partial charge in [0.15, 0.2) is 0 Å². The van der Waals surface area contributed by atoms with Crippen molar-refractivity contribution in [2.75, 3.05) is 26.2 Å². The van der Waals surface area contributed by atoms with Gasteiger partial charge in [0.05, 0.1) is 0 Å². The molecule has 4 rings (SSSR count). The fourth-order valence-electron chi connectivity index (χ4n) is 4.37. The molecule has 2 fully saturated rings. The third kappa shape index (κ3) is 3.90. The summed E-state index contributed by atoms with van der Waals surface area (Å²) >= 11 is 0. The molecule has 2 aromatic rings. The van der Waals surface area contributed by atoms with Crippen molar-refractivity contribution >= 4 is 10.0 Å². The van der Waals surface area contributed by atoms with Crippen molar-refractivity contribution < 1.29 is 12.8 Å². The normalized spacial score (nSPS) is 24.5. The molecule has 1 spiro atoms. The first-order chi connectivity index (χ1) is 13.0. The van der Waals surface area contributed by atoms with Crippen LogP contribution in [0.3, 0.4) is 0 Å². The molecule has 0 saturated carbocycles. The maximum absolute atomic E-state index is 13.1. The van der Waals surface area contributed by atoms with Crippen LogP contribution in [-0.2, 0) is 16.6 Å². The zero-order valence-electron chi connectivity index (χ0n) is 15.2. The summed E-state index contributed by atoms with van der Waals surface area (Å²) in [4.78, 5) is 6.59. The van der Waals surface area contributed by atoms with E-state index in [4.69, 9.17) is 0 Å². The summed E-state index contributed by atoms with van der Waals surface area (Å²) in [7, 11) is -3.48. The molecular weight excluding hydrogens is 365 g/mol. The molecule has 0 radical (unpaired) electrons. The van der Waals surface area contributed by atoms with Gasteiger partial charge < -0.3 is 0 Å². The number of halogens is 1. The highest BCUT2D eigenvalue weighted by atomic mass is 32.2. The number of likely N-dealkylation sites (tertiary alicyclic amines) is 1. The molecule has 5 nitrogen and oxygen atoms in total. The Kier molecular flexibility index (Phi) is 5.01. The molecule has 3 heterocycles. The number of benzene rings is 1. The summed E-state index contributed by atoms with van der Waals surface area (Å²) in [6, 6.07) is 9.90. The lowest BCUT2D eigenvalue weighted by Crippen LogP contribution is -2.45. The quantitative estimate of drug-likeness (QED) is 0.807. The van der Waals surface area contributed by atoms with Gasteiger partial charge in [-0.3, -0.25) is 9.88 Å². The van der Waals surface area contributed by atoms with Gasteiger partial charge in [-0.25, -0.2) is 12.8 Å². The van der Waals surface area contributed by atoms with Crippen LogP contribution in [-0.4, -0.2) is 48.8 Å². The Labute approximate surface area is 159 Å². The van der Waals surface area contributed by atoms with Crippen molar-refractivity contribution in [1.82, 2.24) is 14.2 Å². The van der Waals surface area contributed by atoms with Gasteiger partial charge in [0.2, 0.25) is 10.0 Å². The molecule has 2 aliphatic heterocycles. The summed E-state index contributed by atoms with van der Waals surface area (Å²) in [6.07, 6.45) is 5.99. The van der Waals surface area contributed by atoms with Crippen LogP contribution in [0, 0.1) is 11.2 Å². The third-order valence-corrected chi connectivity index (χ3v) is 7.56. The number of pyridine rings is 1. The minimum atomic E-state index is -3.48. The summed E-state index contributed by atoms with van der Waals surface area (Å²) in [5.41, 5.74) is 1.10. The van der Waals surface area contributed by atoms with Crippen molar-refractivity contribution in [3.05, 3.63) is 60.2 Å². The van der Waals surface area contributed by atoms with E-state index < -0.39 is 10.0 Å². The molecule has 0 amide bonds. The lowest BCUT2D eigenvalue weighted by Gasteiger charge is -2.40. The van der Waals surface area contributed by atoms with Crippen LogP contribution in [0.2, 0.25) is 0 Å². The summed E-state index contributed by atoms with van der Waals surface area (Å²) in [6.45, 7) is 3.76. The lowest BCUT2D eigenvalue weighted by atomic mass is 9.79. The number of rotatable bonds is 4. The van der Waals surface area contributed by atoms with Crippen molar-refractivity contribution in [3.63, 3.8) is 0 Å². The van der Waals surface area contributed by atoms with Gasteiger partial charge in [0.25, 0.3) is 0 Å². The Morgan fingerprint density at radius 1 is 1.07 bits per heavy atom. The van der Waals surface area contributed by atoms with E-state index in [1.165, 1.54) is 18.3 Å². The maximum atomic E-state index is 13.1. The van der Waals surface area contributed by atoms with Gasteiger partial charge in [0, 0.05) is 38.6 Å². The Balaban J connectivity index is 1.45. The predicted molar refractivity (Wildman–Crippen MR) is 101 cm³/mol. The zero-order valence-corrected chi connectivity index (χ0v) is 16.0. The fourth-order valence-corrected chi connectivity index (χ4v) is 5.89. The average Bonchev–Trinajstić information content (AvgIpc) is 3.08. The van der Waals surface area contributed by atoms with Crippen molar-refractivity contribution in [2.45, 2.75) is 30.7 Å². The Morgan fingerprint density at radius 3 is 2.63 bits per heavy atom. The number of hydrogen-bond donors (Lipinski definition) is 0. The van der Waals surface area contributed by atoms with E-state index in [-0.39, 0.29) is 16.1 Å². The Morgan fingerprint density at radius 2 is 1.89 bits per heavy atom. The van der Waals surface area contributed by atoms with E-state index in [0.717, 1.165) is 44.5 Å². The monoisotopic (exact) mass is 389 g/mol. The summed E-state index contributed by atoms with van der Waals surface area (Å²) in [5.74, 6) is -0.221. The maximum Gasteiger partial charge on any atom is 0.244 e. The van der Waals surface area contributed by atoms with Crippen LogP contribution >= 0.6 is 0 Å². The largest absolute Gasteiger partial charge is 0.298 e. The predicted octanol–water partition coefficient (Wildman–Crippen LogP) is 2.90. The second-order valence-electron chi connectivity index (χ2n) is 7.72. The van der Waals surface area contributed by atoms with Gasteiger partial charge in [-0.05, 0) is 61.1 Å². The number of hydrogen-bond acceptors (Lipinski definition) is 4. The van der Waals surface area contributed by atoms with Gasteiger partial charge in [-0.1, -0.05) is 12.1 Å². The first-order valence-corrected chi connectivity index (χ1v) is 10.8. The number of sulfonamides is 1. The molecule has 27 heavy (non-hydrogen) atoms. The lowest BCUT2D eigenvalue weighted by molar-refractivity contribution is 0.0935. The van der Waals surface area contributed by atoms with Crippen molar-refractivity contribution in [2.24, 2.45) is 5.41 Å². The van der Waals surface area contributed by atoms with Gasteiger partial charge in [0.1, 0.15) is 10.7 Å². The molecule has 0 bridgehead atoms. The highest BCUT2D eigenvalue weighted by Gasteiger charge is 2.45. The van der Waals surface area contributed by atoms with Crippen LogP contribution < -0.4 is 0 Å². The summed E-state index contributed by atoms with van der Waals surface area (Å²) in [5, 5.41) is 0. The van der Waals surface area contributed by atoms with Crippen LogP contribution in [0.1, 0.15) is 24.8 Å². The zero-order chi connectivity index (χ0) is 18.9. The van der Waals surface area contributed by atoms with Crippen molar-refractivity contribution in [3.8, 4) is 0 Å². The molecule has 144 valence electrons. The van der Waals surface area contributed by atoms with Crippen LogP contribution in [0.15, 0.2) is 53.7 Å². The van der Waals surface area contributed by atoms with Crippen LogP contribution in [0.25, 0.3) is 0 Å². The first kappa shape index (κ1) is 18.5. The molecule has 1 atom stereocenters. The fraction of sp³-hybridized carbons (Fsp3) is 0.450. The molecule has 2 saturated heterocycles. The standard InChI is InChI=1S/C20H24FN3O2S/c21-18-6-4-17(5-7-18)14-23-11-2-8-20(15-23)9-12-24(16-20)27(25,26)19-3-1-10-22-13-19/h1,3-7,10,13H,2,8-9,11-12,14-16H2/t20-/m0/s1. The molecule has 0 aliphatic carbocycles. The molecule has 1 aromatic carbocycles. The number of nitrogens with zero attached hydrogens (tertiary/aromatic N) is 3. The van der Waals surface area contributed by atoms with Gasteiger partial charge >= 0.3 is 0 Å². The van der Waals surface area contributed by atoms with Crippen LogP contribution in [0.5, 0.6) is 0 Å². The van der Waals surface area contributed by atoms with E-state index in [1.807, 2.05) is 12.1 Å². The highest BCUT2D eigenvalue weighted by molar-refractivity contribution is 7.89. The molecule has 2 aliphatic rings. The van der Waals surface area contributed by atoms with Crippen molar-refractivity contribution in [1.29, 1.82) is 0 Å². The average molecular weight is 389 g/mol. The molecule has 0 unspecified atom stereocenters. The van der Waals surface area contributed by atoms with E-state index in [2.05, 4.69) is 9.88 Å². The smallest absolute Gasteiger partial charge is 0.244 e. The molecule has 1 aromatic heterocycles. The van der Waals surface area contributed by atoms with E-state index >= 15 is 0 Å². The van der Waals surface area contributed by atoms with E-state index in [1.54, 1.807) is 22.6 Å². The minimum absolute atomic E-state index is 0.00750. The third-order valence-electron chi connectivity index (χ3n) is 5.74. The Hall–Kier alpha value is -1.83.